The third-order valence-electron chi connectivity index (χ3n) is 4.65. The number of carbonyl (C=O) groups is 1. The number of carbonyl (C=O) groups excluding carboxylic acids is 1. The molecule has 0 spiro atoms. The van der Waals surface area contributed by atoms with Gasteiger partial charge in [0.1, 0.15) is 11.5 Å². The van der Waals surface area contributed by atoms with Gasteiger partial charge in [0.05, 0.1) is 16.5 Å². The molecule has 0 aliphatic carbocycles. The number of benzene rings is 3. The van der Waals surface area contributed by atoms with E-state index in [0.717, 1.165) is 11.1 Å². The van der Waals surface area contributed by atoms with Crippen molar-refractivity contribution in [3.63, 3.8) is 0 Å². The Kier molecular flexibility index (Phi) is 7.84. The van der Waals surface area contributed by atoms with Crippen molar-refractivity contribution in [1.82, 2.24) is 0 Å². The summed E-state index contributed by atoms with van der Waals surface area (Å²) in [7, 11) is -3.87. The van der Waals surface area contributed by atoms with Crippen LogP contribution < -0.4 is 19.5 Å². The highest BCUT2D eigenvalue weighted by Gasteiger charge is 2.17. The molecule has 0 unspecified atom stereocenters. The largest absolute Gasteiger partial charge is 0.494 e. The molecule has 0 radical (unpaired) electrons. The first-order chi connectivity index (χ1) is 15.7. The summed E-state index contributed by atoms with van der Waals surface area (Å²) >= 11 is 6.21. The van der Waals surface area contributed by atoms with Crippen LogP contribution in [0.5, 0.6) is 11.5 Å². The Morgan fingerprint density at radius 1 is 0.970 bits per heavy atom. The van der Waals surface area contributed by atoms with Crippen LogP contribution in [-0.4, -0.2) is 27.5 Å². The summed E-state index contributed by atoms with van der Waals surface area (Å²) < 4.78 is 38.7. The lowest BCUT2D eigenvalue weighted by Gasteiger charge is -2.13. The summed E-state index contributed by atoms with van der Waals surface area (Å²) in [5.41, 5.74) is 3.12. The molecule has 7 nitrogen and oxygen atoms in total. The van der Waals surface area contributed by atoms with Crippen LogP contribution in [0.2, 0.25) is 5.02 Å². The highest BCUT2D eigenvalue weighted by molar-refractivity contribution is 7.92. The number of rotatable bonds is 9. The predicted octanol–water partition coefficient (Wildman–Crippen LogP) is 5.17. The number of nitrogens with one attached hydrogen (secondary N) is 2. The predicted molar refractivity (Wildman–Crippen MR) is 130 cm³/mol. The molecule has 0 bridgehead atoms. The fourth-order valence-corrected chi connectivity index (χ4v) is 4.43. The first-order valence-corrected chi connectivity index (χ1v) is 12.1. The second-order valence-corrected chi connectivity index (χ2v) is 9.40. The van der Waals surface area contributed by atoms with Gasteiger partial charge in [-0.3, -0.25) is 9.52 Å². The van der Waals surface area contributed by atoms with Crippen LogP contribution in [0, 0.1) is 13.8 Å². The molecule has 174 valence electrons. The number of aryl methyl sites for hydroxylation is 2. The minimum atomic E-state index is -3.87. The van der Waals surface area contributed by atoms with Crippen molar-refractivity contribution in [3.8, 4) is 11.5 Å². The number of anilines is 2. The Morgan fingerprint density at radius 2 is 1.70 bits per heavy atom. The van der Waals surface area contributed by atoms with Gasteiger partial charge in [0.2, 0.25) is 0 Å². The molecule has 2 N–H and O–H groups in total. The summed E-state index contributed by atoms with van der Waals surface area (Å²) in [6, 6.07) is 16.3. The molecular weight excluding hydrogens is 464 g/mol. The van der Waals surface area contributed by atoms with Gasteiger partial charge < -0.3 is 14.8 Å². The van der Waals surface area contributed by atoms with Crippen LogP contribution in [0.15, 0.2) is 65.6 Å². The van der Waals surface area contributed by atoms with Gasteiger partial charge in [0.25, 0.3) is 15.9 Å². The van der Waals surface area contributed by atoms with Gasteiger partial charge in [0, 0.05) is 11.4 Å². The molecule has 3 aromatic carbocycles. The number of halogens is 1. The van der Waals surface area contributed by atoms with Gasteiger partial charge in [-0.25, -0.2) is 8.42 Å². The summed E-state index contributed by atoms with van der Waals surface area (Å²) in [6.07, 6.45) is 0. The monoisotopic (exact) mass is 488 g/mol. The smallest absolute Gasteiger partial charge is 0.262 e. The van der Waals surface area contributed by atoms with Crippen LogP contribution in [0.3, 0.4) is 0 Å². The number of ether oxygens (including phenoxy) is 2. The van der Waals surface area contributed by atoms with Crippen molar-refractivity contribution >= 4 is 38.9 Å². The second-order valence-electron chi connectivity index (χ2n) is 7.31. The van der Waals surface area contributed by atoms with Gasteiger partial charge in [0.15, 0.2) is 6.61 Å². The zero-order valence-corrected chi connectivity index (χ0v) is 20.1. The summed E-state index contributed by atoms with van der Waals surface area (Å²) in [6.45, 7) is 5.99. The molecule has 1 amide bonds. The fourth-order valence-electron chi connectivity index (χ4n) is 3.05. The van der Waals surface area contributed by atoms with E-state index in [2.05, 4.69) is 10.0 Å². The number of amides is 1. The van der Waals surface area contributed by atoms with Crippen molar-refractivity contribution in [1.29, 1.82) is 0 Å². The molecule has 0 fully saturated rings. The second kappa shape index (κ2) is 10.6. The molecule has 0 aromatic heterocycles. The zero-order chi connectivity index (χ0) is 24.0. The van der Waals surface area contributed by atoms with Gasteiger partial charge in [-0.2, -0.15) is 0 Å². The van der Waals surface area contributed by atoms with E-state index in [1.165, 1.54) is 18.2 Å². The van der Waals surface area contributed by atoms with Crippen molar-refractivity contribution in [3.05, 3.63) is 76.8 Å². The average Bonchev–Trinajstić information content (AvgIpc) is 2.76. The Bertz CT molecular complexity index is 1240. The van der Waals surface area contributed by atoms with Gasteiger partial charge >= 0.3 is 0 Å². The lowest BCUT2D eigenvalue weighted by atomic mass is 10.1. The lowest BCUT2D eigenvalue weighted by molar-refractivity contribution is -0.118. The highest BCUT2D eigenvalue weighted by Crippen LogP contribution is 2.29. The van der Waals surface area contributed by atoms with Crippen LogP contribution in [0.25, 0.3) is 0 Å². The van der Waals surface area contributed by atoms with Crippen LogP contribution in [0.4, 0.5) is 11.4 Å². The van der Waals surface area contributed by atoms with E-state index in [0.29, 0.717) is 23.7 Å². The molecule has 3 rings (SSSR count). The Hall–Kier alpha value is -3.23. The van der Waals surface area contributed by atoms with Crippen LogP contribution >= 0.6 is 11.6 Å². The van der Waals surface area contributed by atoms with Crippen molar-refractivity contribution in [2.45, 2.75) is 25.7 Å². The maximum absolute atomic E-state index is 12.7. The molecule has 0 aliphatic rings. The topological polar surface area (TPSA) is 93.7 Å². The Morgan fingerprint density at radius 3 is 2.33 bits per heavy atom. The van der Waals surface area contributed by atoms with Gasteiger partial charge in [-0.05, 0) is 74.9 Å². The van der Waals surface area contributed by atoms with Gasteiger partial charge in [-0.1, -0.05) is 29.3 Å². The van der Waals surface area contributed by atoms with Crippen molar-refractivity contribution in [2.75, 3.05) is 23.3 Å². The summed E-state index contributed by atoms with van der Waals surface area (Å²) in [5.74, 6) is 0.492. The molecule has 0 saturated heterocycles. The van der Waals surface area contributed by atoms with Crippen molar-refractivity contribution < 1.29 is 22.7 Å². The van der Waals surface area contributed by atoms with Crippen LogP contribution in [0.1, 0.15) is 18.1 Å². The third kappa shape index (κ3) is 6.63. The maximum atomic E-state index is 12.7. The Labute approximate surface area is 198 Å². The fraction of sp³-hybridized carbons (Fsp3) is 0.208. The van der Waals surface area contributed by atoms with E-state index in [1.54, 1.807) is 24.3 Å². The van der Waals surface area contributed by atoms with E-state index in [9.17, 15) is 13.2 Å². The van der Waals surface area contributed by atoms with Crippen LogP contribution in [-0.2, 0) is 14.8 Å². The molecular formula is C24H25ClN2O5S. The van der Waals surface area contributed by atoms with E-state index < -0.39 is 10.0 Å². The quantitative estimate of drug-likeness (QED) is 0.433. The standard InChI is InChI=1S/C24H25ClN2O5S/c1-4-31-19-8-6-18(7-9-19)27-33(29,30)20-10-12-23(21(25)14-20)32-15-24(28)26-22-11-5-16(2)13-17(22)3/h5-14,27H,4,15H2,1-3H3,(H,26,28). The molecule has 0 atom stereocenters. The summed E-state index contributed by atoms with van der Waals surface area (Å²) in [4.78, 5) is 12.2. The first kappa shape index (κ1) is 24.4. The highest BCUT2D eigenvalue weighted by atomic mass is 35.5. The van der Waals surface area contributed by atoms with E-state index in [-0.39, 0.29) is 28.2 Å². The van der Waals surface area contributed by atoms with Crippen molar-refractivity contribution in [2.24, 2.45) is 0 Å². The molecule has 0 heterocycles. The van der Waals surface area contributed by atoms with E-state index >= 15 is 0 Å². The molecule has 33 heavy (non-hydrogen) atoms. The normalized spacial score (nSPS) is 11.0. The minimum Gasteiger partial charge on any atom is -0.494 e. The molecule has 3 aromatic rings. The molecule has 0 saturated carbocycles. The SMILES string of the molecule is CCOc1ccc(NS(=O)(=O)c2ccc(OCC(=O)Nc3ccc(C)cc3C)c(Cl)c2)cc1. The number of hydrogen-bond acceptors (Lipinski definition) is 5. The molecule has 0 aliphatic heterocycles. The van der Waals surface area contributed by atoms with Gasteiger partial charge in [-0.15, -0.1) is 0 Å². The third-order valence-corrected chi connectivity index (χ3v) is 6.32. The minimum absolute atomic E-state index is 0.0338. The average molecular weight is 489 g/mol. The lowest BCUT2D eigenvalue weighted by Crippen LogP contribution is -2.21. The zero-order valence-electron chi connectivity index (χ0n) is 18.5. The number of sulfonamides is 1. The summed E-state index contributed by atoms with van der Waals surface area (Å²) in [5, 5.41) is 2.85. The Balaban J connectivity index is 1.63. The first-order valence-electron chi connectivity index (χ1n) is 10.2. The number of hydrogen-bond donors (Lipinski definition) is 2. The van der Waals surface area contributed by atoms with E-state index in [1.807, 2.05) is 39.0 Å². The van der Waals surface area contributed by atoms with E-state index in [4.69, 9.17) is 21.1 Å². The molecule has 9 heteroatoms. The maximum Gasteiger partial charge on any atom is 0.262 e.